The summed E-state index contributed by atoms with van der Waals surface area (Å²) in [5, 5.41) is 3.30. The van der Waals surface area contributed by atoms with E-state index in [4.69, 9.17) is 11.6 Å². The highest BCUT2D eigenvalue weighted by atomic mass is 35.5. The fraction of sp³-hybridized carbons (Fsp3) is 0.538. The van der Waals surface area contributed by atoms with Crippen molar-refractivity contribution in [3.8, 4) is 0 Å². The molecule has 0 aromatic heterocycles. The van der Waals surface area contributed by atoms with Crippen LogP contribution < -0.4 is 5.32 Å². The highest BCUT2D eigenvalue weighted by Crippen LogP contribution is 2.50. The Bertz CT molecular complexity index is 426. The third-order valence-electron chi connectivity index (χ3n) is 3.40. The average molecular weight is 278 g/mol. The predicted octanol–water partition coefficient (Wildman–Crippen LogP) is 4.48. The molecular formula is C13H15ClF3N. The quantitative estimate of drug-likeness (QED) is 0.856. The zero-order chi connectivity index (χ0) is 13.4. The van der Waals surface area contributed by atoms with Gasteiger partial charge in [-0.15, -0.1) is 0 Å². The molecule has 100 valence electrons. The van der Waals surface area contributed by atoms with Crippen molar-refractivity contribution in [1.82, 2.24) is 5.32 Å². The van der Waals surface area contributed by atoms with Crippen molar-refractivity contribution in [3.63, 3.8) is 0 Å². The van der Waals surface area contributed by atoms with E-state index in [9.17, 15) is 13.2 Å². The molecule has 1 unspecified atom stereocenters. The van der Waals surface area contributed by atoms with Gasteiger partial charge >= 0.3 is 6.18 Å². The zero-order valence-electron chi connectivity index (χ0n) is 10.0. The molecule has 0 spiro atoms. The van der Waals surface area contributed by atoms with Gasteiger partial charge in [-0.3, -0.25) is 5.32 Å². The van der Waals surface area contributed by atoms with Crippen LogP contribution in [0, 0.1) is 0 Å². The number of halogens is 4. The number of rotatable bonds is 4. The van der Waals surface area contributed by atoms with Gasteiger partial charge in [0.05, 0.1) is 0 Å². The minimum absolute atomic E-state index is 0.160. The number of hydrogen-bond acceptors (Lipinski definition) is 1. The predicted molar refractivity (Wildman–Crippen MR) is 65.6 cm³/mol. The van der Waals surface area contributed by atoms with E-state index < -0.39 is 11.7 Å². The normalized spacial score (nSPS) is 19.6. The van der Waals surface area contributed by atoms with Crippen LogP contribution in [0.4, 0.5) is 13.2 Å². The summed E-state index contributed by atoms with van der Waals surface area (Å²) in [6.07, 6.45) is -3.27. The number of nitrogens with one attached hydrogen (secondary N) is 1. The molecule has 0 amide bonds. The van der Waals surface area contributed by atoms with Crippen LogP contribution in [-0.4, -0.2) is 11.7 Å². The van der Waals surface area contributed by atoms with Gasteiger partial charge in [-0.1, -0.05) is 30.7 Å². The molecule has 1 aliphatic rings. The molecule has 1 aromatic rings. The number of benzene rings is 1. The molecule has 1 N–H and O–H groups in total. The lowest BCUT2D eigenvalue weighted by atomic mass is 10.0. The minimum atomic E-state index is -4.18. The van der Waals surface area contributed by atoms with Gasteiger partial charge in [-0.05, 0) is 37.0 Å². The molecule has 1 aliphatic carbocycles. The Morgan fingerprint density at radius 3 is 2.50 bits per heavy atom. The van der Waals surface area contributed by atoms with Gasteiger partial charge in [0.1, 0.15) is 5.54 Å². The van der Waals surface area contributed by atoms with Gasteiger partial charge in [-0.25, -0.2) is 0 Å². The summed E-state index contributed by atoms with van der Waals surface area (Å²) < 4.78 is 38.7. The smallest absolute Gasteiger partial charge is 0.297 e. The van der Waals surface area contributed by atoms with Gasteiger partial charge < -0.3 is 0 Å². The summed E-state index contributed by atoms with van der Waals surface area (Å²) in [6, 6.07) is 6.69. The molecular weight excluding hydrogens is 263 g/mol. The largest absolute Gasteiger partial charge is 0.406 e. The second kappa shape index (κ2) is 4.74. The summed E-state index contributed by atoms with van der Waals surface area (Å²) >= 11 is 5.87. The molecule has 0 bridgehead atoms. The molecule has 0 saturated heterocycles. The topological polar surface area (TPSA) is 12.0 Å². The molecule has 0 aliphatic heterocycles. The van der Waals surface area contributed by atoms with Crippen LogP contribution in [-0.2, 0) is 0 Å². The molecule has 0 heterocycles. The van der Waals surface area contributed by atoms with E-state index in [0.29, 0.717) is 11.4 Å². The standard InChI is InChI=1S/C13H15ClF3N/c1-2-11(9-4-3-5-10(14)8-9)18-12(6-7-12)13(15,16)17/h3-5,8,11,18H,2,6-7H2,1H3. The van der Waals surface area contributed by atoms with Crippen molar-refractivity contribution in [1.29, 1.82) is 0 Å². The Morgan fingerprint density at radius 2 is 2.06 bits per heavy atom. The minimum Gasteiger partial charge on any atom is -0.297 e. The zero-order valence-corrected chi connectivity index (χ0v) is 10.8. The highest BCUT2D eigenvalue weighted by Gasteiger charge is 2.63. The fourth-order valence-corrected chi connectivity index (χ4v) is 2.31. The fourth-order valence-electron chi connectivity index (χ4n) is 2.11. The summed E-state index contributed by atoms with van der Waals surface area (Å²) in [5.74, 6) is 0. The molecule has 1 fully saturated rings. The van der Waals surface area contributed by atoms with Crippen molar-refractivity contribution in [3.05, 3.63) is 34.9 Å². The molecule has 1 aromatic carbocycles. The second-order valence-corrected chi connectivity index (χ2v) is 5.18. The molecule has 2 rings (SSSR count). The molecule has 18 heavy (non-hydrogen) atoms. The van der Waals surface area contributed by atoms with Crippen LogP contribution in [0.25, 0.3) is 0 Å². The maximum absolute atomic E-state index is 12.9. The van der Waals surface area contributed by atoms with Crippen molar-refractivity contribution in [2.45, 2.75) is 43.9 Å². The first-order chi connectivity index (χ1) is 8.38. The third-order valence-corrected chi connectivity index (χ3v) is 3.64. The summed E-state index contributed by atoms with van der Waals surface area (Å²) in [4.78, 5) is 0. The van der Waals surface area contributed by atoms with Gasteiger partial charge in [0.2, 0.25) is 0 Å². The molecule has 5 heteroatoms. The Kier molecular flexibility index (Phi) is 3.60. The second-order valence-electron chi connectivity index (χ2n) is 4.74. The van der Waals surface area contributed by atoms with Crippen LogP contribution in [0.15, 0.2) is 24.3 Å². The van der Waals surface area contributed by atoms with Crippen molar-refractivity contribution in [2.24, 2.45) is 0 Å². The van der Waals surface area contributed by atoms with Crippen molar-refractivity contribution < 1.29 is 13.2 Å². The number of hydrogen-bond donors (Lipinski definition) is 1. The SMILES string of the molecule is CCC(NC1(C(F)(F)F)CC1)c1cccc(Cl)c1. The molecule has 1 nitrogen and oxygen atoms in total. The van der Waals surface area contributed by atoms with Crippen LogP contribution in [0.1, 0.15) is 37.8 Å². The van der Waals surface area contributed by atoms with E-state index in [1.54, 1.807) is 24.3 Å². The van der Waals surface area contributed by atoms with Crippen LogP contribution in [0.3, 0.4) is 0 Å². The lowest BCUT2D eigenvalue weighted by molar-refractivity contribution is -0.168. The van der Waals surface area contributed by atoms with E-state index in [0.717, 1.165) is 5.56 Å². The van der Waals surface area contributed by atoms with E-state index in [2.05, 4.69) is 5.32 Å². The van der Waals surface area contributed by atoms with E-state index >= 15 is 0 Å². The Balaban J connectivity index is 2.16. The first-order valence-electron chi connectivity index (χ1n) is 5.98. The number of alkyl halides is 3. The van der Waals surface area contributed by atoms with Crippen LogP contribution >= 0.6 is 11.6 Å². The van der Waals surface area contributed by atoms with Crippen molar-refractivity contribution >= 4 is 11.6 Å². The van der Waals surface area contributed by atoms with Crippen molar-refractivity contribution in [2.75, 3.05) is 0 Å². The van der Waals surface area contributed by atoms with Gasteiger partial charge in [0, 0.05) is 11.1 Å². The monoisotopic (exact) mass is 277 g/mol. The first-order valence-corrected chi connectivity index (χ1v) is 6.36. The lowest BCUT2D eigenvalue weighted by Gasteiger charge is -2.27. The van der Waals surface area contributed by atoms with E-state index in [1.165, 1.54) is 0 Å². The molecule has 1 atom stereocenters. The maximum atomic E-state index is 12.9. The first kappa shape index (κ1) is 13.7. The van der Waals surface area contributed by atoms with Crippen LogP contribution in [0.5, 0.6) is 0 Å². The Hall–Kier alpha value is -0.740. The average Bonchev–Trinajstić information content (AvgIpc) is 3.06. The summed E-state index contributed by atoms with van der Waals surface area (Å²) in [7, 11) is 0. The third kappa shape index (κ3) is 2.64. The van der Waals surface area contributed by atoms with Gasteiger partial charge in [-0.2, -0.15) is 13.2 Å². The highest BCUT2D eigenvalue weighted by molar-refractivity contribution is 6.30. The molecule has 1 saturated carbocycles. The maximum Gasteiger partial charge on any atom is 0.406 e. The molecule has 0 radical (unpaired) electrons. The van der Waals surface area contributed by atoms with Gasteiger partial charge in [0.25, 0.3) is 0 Å². The Morgan fingerprint density at radius 1 is 1.39 bits per heavy atom. The summed E-state index contributed by atoms with van der Waals surface area (Å²) in [5.41, 5.74) is -0.878. The van der Waals surface area contributed by atoms with Gasteiger partial charge in [0.15, 0.2) is 0 Å². The Labute approximate surface area is 109 Å². The lowest BCUT2D eigenvalue weighted by Crippen LogP contribution is -2.46. The van der Waals surface area contributed by atoms with E-state index in [-0.39, 0.29) is 18.9 Å². The summed E-state index contributed by atoms with van der Waals surface area (Å²) in [6.45, 7) is 1.87. The van der Waals surface area contributed by atoms with E-state index in [1.807, 2.05) is 6.92 Å². The van der Waals surface area contributed by atoms with Crippen LogP contribution in [0.2, 0.25) is 5.02 Å².